The van der Waals surface area contributed by atoms with E-state index in [9.17, 15) is 9.59 Å². The van der Waals surface area contributed by atoms with E-state index in [1.54, 1.807) is 18.2 Å². The second-order valence-electron chi connectivity index (χ2n) is 8.75. The van der Waals surface area contributed by atoms with Crippen LogP contribution in [0.25, 0.3) is 0 Å². The third-order valence-corrected chi connectivity index (χ3v) is 7.10. The fourth-order valence-electron chi connectivity index (χ4n) is 5.73. The van der Waals surface area contributed by atoms with Crippen molar-refractivity contribution >= 4 is 11.9 Å². The van der Waals surface area contributed by atoms with Gasteiger partial charge in [-0.3, -0.25) is 0 Å². The fourth-order valence-corrected chi connectivity index (χ4v) is 5.73. The van der Waals surface area contributed by atoms with E-state index in [0.29, 0.717) is 35.0 Å². The van der Waals surface area contributed by atoms with Gasteiger partial charge in [-0.05, 0) is 62.2 Å². The maximum atomic E-state index is 12.9. The normalized spacial score (nSPS) is 30.7. The molecule has 160 valence electrons. The molecule has 0 aromatic heterocycles. The quantitative estimate of drug-likeness (QED) is 0.690. The summed E-state index contributed by atoms with van der Waals surface area (Å²) in [4.78, 5) is 28.1. The summed E-state index contributed by atoms with van der Waals surface area (Å²) in [6, 6.07) is 12.8. The molecular formula is C24H23NO6. The van der Waals surface area contributed by atoms with Crippen molar-refractivity contribution in [3.63, 3.8) is 0 Å². The van der Waals surface area contributed by atoms with Crippen LogP contribution in [0, 0.1) is 5.92 Å². The monoisotopic (exact) mass is 421 g/mol. The van der Waals surface area contributed by atoms with Crippen molar-refractivity contribution in [3.8, 4) is 11.5 Å². The molecule has 0 N–H and O–H groups in total. The van der Waals surface area contributed by atoms with Crippen LogP contribution in [0.4, 0.5) is 0 Å². The lowest BCUT2D eigenvalue weighted by molar-refractivity contribution is -0.0865. The van der Waals surface area contributed by atoms with Crippen LogP contribution in [-0.4, -0.2) is 55.5 Å². The van der Waals surface area contributed by atoms with E-state index in [1.165, 1.54) is 0 Å². The van der Waals surface area contributed by atoms with Crippen LogP contribution in [0.5, 0.6) is 11.5 Å². The van der Waals surface area contributed by atoms with Crippen molar-refractivity contribution in [1.29, 1.82) is 0 Å². The zero-order chi connectivity index (χ0) is 21.1. The van der Waals surface area contributed by atoms with Crippen molar-refractivity contribution in [3.05, 3.63) is 59.2 Å². The SMILES string of the molecule is CN1CC[C@H]2C[C@@H](OC(=O)c3ccccc3)[C@@H]3OC(=O)c4cc5c(cc4[C@@H]3[C@H]21)OCO5. The van der Waals surface area contributed by atoms with Gasteiger partial charge in [0.05, 0.1) is 11.1 Å². The third kappa shape index (κ3) is 2.91. The molecule has 3 aliphatic heterocycles. The van der Waals surface area contributed by atoms with E-state index < -0.39 is 18.2 Å². The van der Waals surface area contributed by atoms with Crippen LogP contribution in [0.15, 0.2) is 42.5 Å². The predicted octanol–water partition coefficient (Wildman–Crippen LogP) is 2.99. The van der Waals surface area contributed by atoms with Gasteiger partial charge in [0.2, 0.25) is 6.79 Å². The number of fused-ring (bicyclic) bond motifs is 6. The molecule has 3 heterocycles. The van der Waals surface area contributed by atoms with Crippen LogP contribution in [-0.2, 0) is 9.47 Å². The molecule has 2 aromatic rings. The Kier molecular flexibility index (Phi) is 4.21. The van der Waals surface area contributed by atoms with Crippen LogP contribution in [0.3, 0.4) is 0 Å². The Morgan fingerprint density at radius 1 is 1.13 bits per heavy atom. The van der Waals surface area contributed by atoms with Gasteiger partial charge in [0.25, 0.3) is 0 Å². The highest BCUT2D eigenvalue weighted by Gasteiger charge is 2.55. The molecule has 31 heavy (non-hydrogen) atoms. The van der Waals surface area contributed by atoms with Crippen molar-refractivity contribution in [2.45, 2.75) is 37.0 Å². The first-order chi connectivity index (χ1) is 15.1. The number of hydrogen-bond acceptors (Lipinski definition) is 7. The number of likely N-dealkylation sites (tertiary alicyclic amines) is 1. The Morgan fingerprint density at radius 3 is 2.71 bits per heavy atom. The second kappa shape index (κ2) is 6.99. The first-order valence-electron chi connectivity index (χ1n) is 10.7. The molecule has 6 rings (SSSR count). The summed E-state index contributed by atoms with van der Waals surface area (Å²) >= 11 is 0. The molecule has 0 bridgehead atoms. The highest BCUT2D eigenvalue weighted by molar-refractivity contribution is 5.94. The van der Waals surface area contributed by atoms with Gasteiger partial charge in [-0.25, -0.2) is 9.59 Å². The zero-order valence-electron chi connectivity index (χ0n) is 17.2. The van der Waals surface area contributed by atoms with Crippen molar-refractivity contribution in [2.24, 2.45) is 5.92 Å². The molecule has 1 saturated heterocycles. The van der Waals surface area contributed by atoms with Gasteiger partial charge in [0, 0.05) is 12.0 Å². The maximum Gasteiger partial charge on any atom is 0.338 e. The van der Waals surface area contributed by atoms with E-state index in [4.69, 9.17) is 18.9 Å². The van der Waals surface area contributed by atoms with Crippen molar-refractivity contribution in [1.82, 2.24) is 4.90 Å². The largest absolute Gasteiger partial charge is 0.455 e. The summed E-state index contributed by atoms with van der Waals surface area (Å²) in [5.74, 6) is 0.675. The van der Waals surface area contributed by atoms with Gasteiger partial charge in [0.1, 0.15) is 12.2 Å². The minimum Gasteiger partial charge on any atom is -0.455 e. The molecular weight excluding hydrogens is 398 g/mol. The number of ether oxygens (including phenoxy) is 4. The highest BCUT2D eigenvalue weighted by Crippen LogP contribution is 2.51. The van der Waals surface area contributed by atoms with Gasteiger partial charge in [-0.1, -0.05) is 18.2 Å². The first-order valence-corrected chi connectivity index (χ1v) is 10.7. The molecule has 1 saturated carbocycles. The molecule has 5 atom stereocenters. The Labute approximate surface area is 179 Å². The van der Waals surface area contributed by atoms with Crippen LogP contribution >= 0.6 is 0 Å². The summed E-state index contributed by atoms with van der Waals surface area (Å²) in [5, 5.41) is 0. The lowest BCUT2D eigenvalue weighted by atomic mass is 9.69. The summed E-state index contributed by atoms with van der Waals surface area (Å²) in [5.41, 5.74) is 1.91. The van der Waals surface area contributed by atoms with E-state index in [-0.39, 0.29) is 24.7 Å². The first kappa shape index (κ1) is 18.7. The maximum absolute atomic E-state index is 12.9. The van der Waals surface area contributed by atoms with Crippen molar-refractivity contribution in [2.75, 3.05) is 20.4 Å². The summed E-state index contributed by atoms with van der Waals surface area (Å²) < 4.78 is 23.0. The minimum atomic E-state index is -0.533. The van der Waals surface area contributed by atoms with Gasteiger partial charge in [0.15, 0.2) is 11.5 Å². The number of benzene rings is 2. The van der Waals surface area contributed by atoms with Gasteiger partial charge < -0.3 is 23.8 Å². The molecule has 2 fully saturated rings. The number of carbonyl (C=O) groups excluding carboxylic acids is 2. The van der Waals surface area contributed by atoms with Crippen LogP contribution in [0.1, 0.15) is 45.0 Å². The number of hydrogen-bond donors (Lipinski definition) is 0. The van der Waals surface area contributed by atoms with Gasteiger partial charge in [-0.15, -0.1) is 0 Å². The summed E-state index contributed by atoms with van der Waals surface area (Å²) in [6.07, 6.45) is 0.683. The van der Waals surface area contributed by atoms with E-state index in [2.05, 4.69) is 11.9 Å². The average Bonchev–Trinajstić information content (AvgIpc) is 3.39. The second-order valence-corrected chi connectivity index (χ2v) is 8.75. The number of nitrogens with zero attached hydrogens (tertiary/aromatic N) is 1. The van der Waals surface area contributed by atoms with E-state index in [0.717, 1.165) is 18.5 Å². The molecule has 0 spiro atoms. The Bertz CT molecular complexity index is 1050. The standard InChI is InChI=1S/C24H23NO6/c1-25-8-7-14-9-19(30-23(26)13-5-3-2-4-6-13)22-20(21(14)25)15-10-17-18(29-12-28-17)11-16(15)24(27)31-22/h2-6,10-11,14,19-22H,7-9,12H2,1H3/t14-,19+,20+,21-,22-/m0/s1. The van der Waals surface area contributed by atoms with Crippen LogP contribution < -0.4 is 9.47 Å². The lowest BCUT2D eigenvalue weighted by Crippen LogP contribution is -2.55. The predicted molar refractivity (Wildman–Crippen MR) is 109 cm³/mol. The van der Waals surface area contributed by atoms with Crippen molar-refractivity contribution < 1.29 is 28.5 Å². The Morgan fingerprint density at radius 2 is 1.90 bits per heavy atom. The lowest BCUT2D eigenvalue weighted by Gasteiger charge is -2.47. The van der Waals surface area contributed by atoms with Crippen LogP contribution in [0.2, 0.25) is 0 Å². The Balaban J connectivity index is 1.40. The number of rotatable bonds is 2. The van der Waals surface area contributed by atoms with Gasteiger partial charge in [-0.2, -0.15) is 0 Å². The topological polar surface area (TPSA) is 74.3 Å². The molecule has 7 heteroatoms. The van der Waals surface area contributed by atoms with Gasteiger partial charge >= 0.3 is 11.9 Å². The number of esters is 2. The average molecular weight is 421 g/mol. The Hall–Kier alpha value is -3.06. The summed E-state index contributed by atoms with van der Waals surface area (Å²) in [7, 11) is 2.11. The van der Waals surface area contributed by atoms with E-state index in [1.807, 2.05) is 24.3 Å². The molecule has 0 amide bonds. The molecule has 1 aliphatic carbocycles. The number of likely N-dealkylation sites (N-methyl/N-ethyl adjacent to an activating group) is 1. The molecule has 0 unspecified atom stereocenters. The molecule has 0 radical (unpaired) electrons. The smallest absolute Gasteiger partial charge is 0.338 e. The van der Waals surface area contributed by atoms with E-state index >= 15 is 0 Å². The third-order valence-electron chi connectivity index (χ3n) is 7.10. The summed E-state index contributed by atoms with van der Waals surface area (Å²) in [6.45, 7) is 1.11. The highest BCUT2D eigenvalue weighted by atomic mass is 16.7. The molecule has 4 aliphatic rings. The molecule has 7 nitrogen and oxygen atoms in total. The number of carbonyl (C=O) groups is 2. The minimum absolute atomic E-state index is 0.0953. The molecule has 2 aromatic carbocycles. The fraction of sp³-hybridized carbons (Fsp3) is 0.417. The zero-order valence-corrected chi connectivity index (χ0v) is 17.2.